The Morgan fingerprint density at radius 3 is 2.50 bits per heavy atom. The van der Waals surface area contributed by atoms with Crippen LogP contribution in [0.4, 0.5) is 0 Å². The molecule has 2 aliphatic carbocycles. The maximum absolute atomic E-state index is 3.94. The van der Waals surface area contributed by atoms with Gasteiger partial charge in [-0.3, -0.25) is 4.90 Å². The van der Waals surface area contributed by atoms with Crippen molar-refractivity contribution < 1.29 is 0 Å². The first-order valence-electron chi connectivity index (χ1n) is 7.97. The van der Waals surface area contributed by atoms with E-state index >= 15 is 0 Å². The zero-order valence-corrected chi connectivity index (χ0v) is 11.6. The molecule has 1 heterocycles. The van der Waals surface area contributed by atoms with Crippen LogP contribution in [0.5, 0.6) is 0 Å². The van der Waals surface area contributed by atoms with Gasteiger partial charge in [0, 0.05) is 31.7 Å². The number of hydrogen-bond acceptors (Lipinski definition) is 2. The summed E-state index contributed by atoms with van der Waals surface area (Å²) in [6, 6.07) is 1.54. The van der Waals surface area contributed by atoms with E-state index < -0.39 is 0 Å². The molecule has 3 fully saturated rings. The Balaban J connectivity index is 1.59. The Bertz CT molecular complexity index is 279. The van der Waals surface area contributed by atoms with E-state index in [1.54, 1.807) is 0 Å². The molecule has 3 aliphatic rings. The third-order valence-electron chi connectivity index (χ3n) is 5.24. The number of rotatable bonds is 4. The Morgan fingerprint density at radius 1 is 1.06 bits per heavy atom. The highest BCUT2D eigenvalue weighted by Gasteiger charge is 2.39. The van der Waals surface area contributed by atoms with Crippen LogP contribution < -0.4 is 5.32 Å². The molecule has 1 saturated heterocycles. The van der Waals surface area contributed by atoms with Crippen LogP contribution in [0.2, 0.25) is 0 Å². The maximum atomic E-state index is 3.94. The normalized spacial score (nSPS) is 35.6. The second-order valence-corrected chi connectivity index (χ2v) is 6.56. The standard InChI is InChI=1S/C16H28N2/c1-2-10-18-12-15(13-6-4-3-5-7-13)17-11-16(18)14-8-9-14/h2,13-17H,1,3-12H2. The van der Waals surface area contributed by atoms with E-state index in [2.05, 4.69) is 22.9 Å². The molecule has 0 aromatic rings. The highest BCUT2D eigenvalue weighted by Crippen LogP contribution is 2.37. The fourth-order valence-electron chi connectivity index (χ4n) is 4.03. The van der Waals surface area contributed by atoms with Crippen LogP contribution in [0.25, 0.3) is 0 Å². The van der Waals surface area contributed by atoms with Crippen molar-refractivity contribution in [3.05, 3.63) is 12.7 Å². The van der Waals surface area contributed by atoms with Crippen LogP contribution in [-0.2, 0) is 0 Å². The third kappa shape index (κ3) is 2.80. The van der Waals surface area contributed by atoms with Crippen molar-refractivity contribution in [1.82, 2.24) is 10.2 Å². The van der Waals surface area contributed by atoms with E-state index in [4.69, 9.17) is 0 Å². The predicted octanol–water partition coefficient (Wildman–Crippen LogP) is 2.81. The molecule has 2 heteroatoms. The van der Waals surface area contributed by atoms with Gasteiger partial charge in [-0.05, 0) is 37.5 Å². The summed E-state index contributed by atoms with van der Waals surface area (Å²) in [5.41, 5.74) is 0. The molecule has 2 atom stereocenters. The number of piperazine rings is 1. The molecule has 2 saturated carbocycles. The van der Waals surface area contributed by atoms with Gasteiger partial charge in [-0.15, -0.1) is 6.58 Å². The molecule has 2 nitrogen and oxygen atoms in total. The molecule has 0 amide bonds. The maximum Gasteiger partial charge on any atom is 0.0252 e. The molecule has 0 bridgehead atoms. The minimum atomic E-state index is 0.750. The summed E-state index contributed by atoms with van der Waals surface area (Å²) in [6.45, 7) is 7.52. The molecule has 102 valence electrons. The van der Waals surface area contributed by atoms with Gasteiger partial charge in [-0.25, -0.2) is 0 Å². The van der Waals surface area contributed by atoms with Crippen LogP contribution in [0.1, 0.15) is 44.9 Å². The van der Waals surface area contributed by atoms with Gasteiger partial charge < -0.3 is 5.32 Å². The molecule has 0 aromatic carbocycles. The summed E-state index contributed by atoms with van der Waals surface area (Å²) in [4.78, 5) is 2.71. The monoisotopic (exact) mass is 248 g/mol. The molecule has 2 unspecified atom stereocenters. The van der Waals surface area contributed by atoms with Crippen molar-refractivity contribution in [2.45, 2.75) is 57.0 Å². The van der Waals surface area contributed by atoms with Gasteiger partial charge in [0.05, 0.1) is 0 Å². The number of nitrogens with one attached hydrogen (secondary N) is 1. The van der Waals surface area contributed by atoms with Crippen molar-refractivity contribution in [2.24, 2.45) is 11.8 Å². The molecule has 3 rings (SSSR count). The molecule has 0 spiro atoms. The predicted molar refractivity (Wildman–Crippen MR) is 76.6 cm³/mol. The zero-order chi connectivity index (χ0) is 12.4. The van der Waals surface area contributed by atoms with Crippen molar-refractivity contribution in [3.8, 4) is 0 Å². The van der Waals surface area contributed by atoms with Gasteiger partial charge in [0.25, 0.3) is 0 Å². The highest BCUT2D eigenvalue weighted by atomic mass is 15.2. The number of nitrogens with zero attached hydrogens (tertiary/aromatic N) is 1. The van der Waals surface area contributed by atoms with Gasteiger partial charge in [-0.2, -0.15) is 0 Å². The Labute approximate surface area is 112 Å². The topological polar surface area (TPSA) is 15.3 Å². The summed E-state index contributed by atoms with van der Waals surface area (Å²) < 4.78 is 0. The Morgan fingerprint density at radius 2 is 1.83 bits per heavy atom. The molecule has 0 radical (unpaired) electrons. The first-order chi connectivity index (χ1) is 8.88. The first kappa shape index (κ1) is 12.7. The van der Waals surface area contributed by atoms with E-state index in [1.165, 1.54) is 58.0 Å². The van der Waals surface area contributed by atoms with Crippen LogP contribution in [0, 0.1) is 11.8 Å². The molecular formula is C16H28N2. The van der Waals surface area contributed by atoms with Crippen LogP contribution in [0.15, 0.2) is 12.7 Å². The van der Waals surface area contributed by atoms with Gasteiger partial charge in [0.1, 0.15) is 0 Å². The summed E-state index contributed by atoms with van der Waals surface area (Å²) in [7, 11) is 0. The summed E-state index contributed by atoms with van der Waals surface area (Å²) in [5.74, 6) is 1.91. The summed E-state index contributed by atoms with van der Waals surface area (Å²) >= 11 is 0. The van der Waals surface area contributed by atoms with Crippen LogP contribution in [0.3, 0.4) is 0 Å². The van der Waals surface area contributed by atoms with E-state index in [9.17, 15) is 0 Å². The minimum absolute atomic E-state index is 0.750. The fraction of sp³-hybridized carbons (Fsp3) is 0.875. The lowest BCUT2D eigenvalue weighted by Gasteiger charge is -2.44. The quantitative estimate of drug-likeness (QED) is 0.770. The first-order valence-corrected chi connectivity index (χ1v) is 7.97. The minimum Gasteiger partial charge on any atom is -0.311 e. The van der Waals surface area contributed by atoms with Crippen molar-refractivity contribution in [2.75, 3.05) is 19.6 Å². The van der Waals surface area contributed by atoms with E-state index in [0.717, 1.165) is 30.5 Å². The summed E-state index contributed by atoms with van der Waals surface area (Å²) in [6.07, 6.45) is 12.3. The average molecular weight is 248 g/mol. The van der Waals surface area contributed by atoms with E-state index in [-0.39, 0.29) is 0 Å². The molecule has 0 aromatic heterocycles. The second-order valence-electron chi connectivity index (χ2n) is 6.56. The van der Waals surface area contributed by atoms with Gasteiger partial charge in [0.15, 0.2) is 0 Å². The van der Waals surface area contributed by atoms with Crippen molar-refractivity contribution >= 4 is 0 Å². The molecule has 1 N–H and O–H groups in total. The lowest BCUT2D eigenvalue weighted by atomic mass is 9.82. The Hall–Kier alpha value is -0.340. The van der Waals surface area contributed by atoms with E-state index in [1.807, 2.05) is 0 Å². The average Bonchev–Trinajstić information content (AvgIpc) is 3.24. The zero-order valence-electron chi connectivity index (χ0n) is 11.6. The van der Waals surface area contributed by atoms with Crippen LogP contribution in [-0.4, -0.2) is 36.6 Å². The molecule has 1 aliphatic heterocycles. The molecular weight excluding hydrogens is 220 g/mol. The smallest absolute Gasteiger partial charge is 0.0252 e. The van der Waals surface area contributed by atoms with Gasteiger partial charge in [0.2, 0.25) is 0 Å². The van der Waals surface area contributed by atoms with Crippen molar-refractivity contribution in [3.63, 3.8) is 0 Å². The number of hydrogen-bond donors (Lipinski definition) is 1. The van der Waals surface area contributed by atoms with E-state index in [0.29, 0.717) is 0 Å². The molecule has 18 heavy (non-hydrogen) atoms. The van der Waals surface area contributed by atoms with Gasteiger partial charge in [-0.1, -0.05) is 25.3 Å². The van der Waals surface area contributed by atoms with Crippen LogP contribution >= 0.6 is 0 Å². The highest BCUT2D eigenvalue weighted by molar-refractivity contribution is 4.98. The third-order valence-corrected chi connectivity index (χ3v) is 5.24. The SMILES string of the molecule is C=CCN1CC(C2CCCCC2)NCC1C1CC1. The fourth-order valence-corrected chi connectivity index (χ4v) is 4.03. The Kier molecular flexibility index (Phi) is 4.05. The van der Waals surface area contributed by atoms with Gasteiger partial charge >= 0.3 is 0 Å². The second kappa shape index (κ2) is 5.75. The van der Waals surface area contributed by atoms with Crippen molar-refractivity contribution in [1.29, 1.82) is 0 Å². The summed E-state index contributed by atoms with van der Waals surface area (Å²) in [5, 5.41) is 3.87. The lowest BCUT2D eigenvalue weighted by Crippen LogP contribution is -2.59. The lowest BCUT2D eigenvalue weighted by molar-refractivity contribution is 0.0952. The largest absolute Gasteiger partial charge is 0.311 e.